The minimum absolute atomic E-state index is 0.145. The van der Waals surface area contributed by atoms with Crippen molar-refractivity contribution in [3.63, 3.8) is 0 Å². The molecule has 0 saturated heterocycles. The van der Waals surface area contributed by atoms with Gasteiger partial charge >= 0.3 is 0 Å². The number of sulfonamides is 1. The molecule has 0 aliphatic rings. The Labute approximate surface area is 136 Å². The van der Waals surface area contributed by atoms with Gasteiger partial charge in [-0.15, -0.1) is 11.3 Å². The summed E-state index contributed by atoms with van der Waals surface area (Å²) in [7, 11) is -3.61. The van der Waals surface area contributed by atoms with Crippen LogP contribution in [-0.2, 0) is 10.0 Å². The number of unbranched alkanes of at least 4 members (excludes halogenated alkanes) is 2. The molecule has 0 aliphatic carbocycles. The van der Waals surface area contributed by atoms with Gasteiger partial charge in [0.05, 0.1) is 10.9 Å². The zero-order chi connectivity index (χ0) is 15.9. The topological polar surface area (TPSA) is 66.4 Å². The fraction of sp³-hybridized carbons (Fsp3) is 0.714. The summed E-state index contributed by atoms with van der Waals surface area (Å²) >= 11 is 6.81. The summed E-state index contributed by atoms with van der Waals surface area (Å²) in [5.74, 6) is 0.145. The van der Waals surface area contributed by atoms with Gasteiger partial charge in [0, 0.05) is 6.04 Å². The average molecular weight is 354 g/mol. The number of nitrogens with one attached hydrogen (secondary N) is 1. The van der Waals surface area contributed by atoms with Crippen LogP contribution in [0.25, 0.3) is 0 Å². The van der Waals surface area contributed by atoms with Crippen LogP contribution in [0.1, 0.15) is 46.0 Å². The summed E-state index contributed by atoms with van der Waals surface area (Å²) < 4.78 is 27.8. The highest BCUT2D eigenvalue weighted by molar-refractivity contribution is 7.91. The number of aliphatic hydroxyl groups excluding tert-OH is 1. The number of rotatable bonds is 10. The van der Waals surface area contributed by atoms with E-state index in [1.54, 1.807) is 6.07 Å². The molecule has 0 spiro atoms. The van der Waals surface area contributed by atoms with E-state index in [-0.39, 0.29) is 16.7 Å². The standard InChI is InChI=1S/C14H24ClNO3S2/c1-3-5-6-7-11(4-2)12(10-17)16-21(18,19)14-9-8-13(15)20-14/h8-9,11-12,16-17H,3-7,10H2,1-2H3/t11-,12+/m0/s1. The summed E-state index contributed by atoms with van der Waals surface area (Å²) in [6.07, 6.45) is 5.06. The minimum Gasteiger partial charge on any atom is -0.395 e. The quantitative estimate of drug-likeness (QED) is 0.631. The Morgan fingerprint density at radius 3 is 2.52 bits per heavy atom. The molecule has 0 amide bonds. The molecule has 21 heavy (non-hydrogen) atoms. The van der Waals surface area contributed by atoms with Crippen LogP contribution in [0.15, 0.2) is 16.3 Å². The van der Waals surface area contributed by atoms with Gasteiger partial charge < -0.3 is 5.11 Å². The maximum absolute atomic E-state index is 12.3. The van der Waals surface area contributed by atoms with E-state index < -0.39 is 16.1 Å². The monoisotopic (exact) mass is 353 g/mol. The SMILES string of the molecule is CCCCC[C@H](CC)[C@@H](CO)NS(=O)(=O)c1ccc(Cl)s1. The number of hydrogen-bond acceptors (Lipinski definition) is 4. The Morgan fingerprint density at radius 1 is 1.33 bits per heavy atom. The van der Waals surface area contributed by atoms with Crippen molar-refractivity contribution in [1.29, 1.82) is 0 Å². The van der Waals surface area contributed by atoms with Crippen molar-refractivity contribution in [1.82, 2.24) is 4.72 Å². The predicted octanol–water partition coefficient (Wildman–Crippen LogP) is 3.65. The molecule has 1 aromatic heterocycles. The number of halogens is 1. The van der Waals surface area contributed by atoms with Crippen LogP contribution in [0.5, 0.6) is 0 Å². The summed E-state index contributed by atoms with van der Waals surface area (Å²) in [5.41, 5.74) is 0. The van der Waals surface area contributed by atoms with Gasteiger partial charge in [-0.1, -0.05) is 51.1 Å². The largest absolute Gasteiger partial charge is 0.395 e. The molecule has 7 heteroatoms. The van der Waals surface area contributed by atoms with Crippen molar-refractivity contribution in [2.45, 2.75) is 56.2 Å². The van der Waals surface area contributed by atoms with Crippen molar-refractivity contribution >= 4 is 33.0 Å². The van der Waals surface area contributed by atoms with Crippen LogP contribution in [0.2, 0.25) is 4.34 Å². The molecule has 0 saturated carbocycles. The van der Waals surface area contributed by atoms with Crippen molar-refractivity contribution in [3.8, 4) is 0 Å². The molecule has 2 atom stereocenters. The molecule has 4 nitrogen and oxygen atoms in total. The Balaban J connectivity index is 2.75. The van der Waals surface area contributed by atoms with Crippen LogP contribution in [0.4, 0.5) is 0 Å². The first-order valence-corrected chi connectivity index (χ1v) is 10.0. The highest BCUT2D eigenvalue weighted by atomic mass is 35.5. The Bertz CT molecular complexity index is 516. The summed E-state index contributed by atoms with van der Waals surface area (Å²) in [6, 6.07) is 2.60. The van der Waals surface area contributed by atoms with Crippen LogP contribution in [0.3, 0.4) is 0 Å². The summed E-state index contributed by atoms with van der Waals surface area (Å²) in [5, 5.41) is 9.55. The molecule has 1 rings (SSSR count). The Hall–Kier alpha value is -0.140. The lowest BCUT2D eigenvalue weighted by atomic mass is 9.92. The minimum atomic E-state index is -3.61. The zero-order valence-corrected chi connectivity index (χ0v) is 14.9. The van der Waals surface area contributed by atoms with Crippen LogP contribution < -0.4 is 4.72 Å². The molecule has 2 N–H and O–H groups in total. The van der Waals surface area contributed by atoms with Gasteiger partial charge in [-0.2, -0.15) is 0 Å². The van der Waals surface area contributed by atoms with Gasteiger partial charge in [-0.25, -0.2) is 13.1 Å². The zero-order valence-electron chi connectivity index (χ0n) is 12.5. The van der Waals surface area contributed by atoms with Crippen molar-refractivity contribution in [2.24, 2.45) is 5.92 Å². The smallest absolute Gasteiger partial charge is 0.250 e. The molecular weight excluding hydrogens is 330 g/mol. The average Bonchev–Trinajstić information content (AvgIpc) is 2.89. The van der Waals surface area contributed by atoms with E-state index in [1.165, 1.54) is 6.07 Å². The van der Waals surface area contributed by atoms with Gasteiger partial charge in [-0.3, -0.25) is 0 Å². The molecule has 0 bridgehead atoms. The summed E-state index contributed by atoms with van der Waals surface area (Å²) in [4.78, 5) is 0. The van der Waals surface area contributed by atoms with Crippen molar-refractivity contribution in [3.05, 3.63) is 16.5 Å². The highest BCUT2D eigenvalue weighted by Crippen LogP contribution is 2.26. The third kappa shape index (κ3) is 5.87. The molecule has 122 valence electrons. The van der Waals surface area contributed by atoms with Crippen LogP contribution >= 0.6 is 22.9 Å². The first kappa shape index (κ1) is 18.9. The first-order valence-electron chi connectivity index (χ1n) is 7.33. The van der Waals surface area contributed by atoms with Crippen molar-refractivity contribution in [2.75, 3.05) is 6.61 Å². The summed E-state index contributed by atoms with van der Waals surface area (Å²) in [6.45, 7) is 3.96. The third-order valence-electron chi connectivity index (χ3n) is 3.59. The molecule has 0 radical (unpaired) electrons. The Morgan fingerprint density at radius 2 is 2.05 bits per heavy atom. The van der Waals surface area contributed by atoms with E-state index in [9.17, 15) is 13.5 Å². The van der Waals surface area contributed by atoms with Crippen molar-refractivity contribution < 1.29 is 13.5 Å². The lowest BCUT2D eigenvalue weighted by molar-refractivity contribution is 0.204. The maximum Gasteiger partial charge on any atom is 0.250 e. The van der Waals surface area contributed by atoms with Gasteiger partial charge in [0.1, 0.15) is 4.21 Å². The third-order valence-corrected chi connectivity index (χ3v) is 6.80. The number of aliphatic hydroxyl groups is 1. The normalized spacial score (nSPS) is 15.0. The van der Waals surface area contributed by atoms with Crippen LogP contribution in [-0.4, -0.2) is 26.2 Å². The fourth-order valence-corrected chi connectivity index (χ4v) is 5.12. The van der Waals surface area contributed by atoms with Gasteiger partial charge in [0.25, 0.3) is 0 Å². The molecule has 0 aromatic carbocycles. The van der Waals surface area contributed by atoms with Gasteiger partial charge in [-0.05, 0) is 24.5 Å². The van der Waals surface area contributed by atoms with Gasteiger partial charge in [0.15, 0.2) is 0 Å². The fourth-order valence-electron chi connectivity index (χ4n) is 2.33. The van der Waals surface area contributed by atoms with Gasteiger partial charge in [0.2, 0.25) is 10.0 Å². The molecule has 1 heterocycles. The molecule has 0 fully saturated rings. The Kier molecular flexibility index (Phi) is 8.19. The first-order chi connectivity index (χ1) is 9.94. The van der Waals surface area contributed by atoms with Crippen LogP contribution in [0, 0.1) is 5.92 Å². The van der Waals surface area contributed by atoms with E-state index in [1.807, 2.05) is 6.92 Å². The predicted molar refractivity (Wildman–Crippen MR) is 88.4 cm³/mol. The molecule has 0 unspecified atom stereocenters. The lowest BCUT2D eigenvalue weighted by Crippen LogP contribution is -2.42. The molecular formula is C14H24ClNO3S2. The highest BCUT2D eigenvalue weighted by Gasteiger charge is 2.26. The van der Waals surface area contributed by atoms with E-state index in [0.717, 1.165) is 43.4 Å². The maximum atomic E-state index is 12.3. The number of thiophene rings is 1. The number of hydrogen-bond donors (Lipinski definition) is 2. The van der Waals surface area contributed by atoms with E-state index in [2.05, 4.69) is 11.6 Å². The molecule has 1 aromatic rings. The van der Waals surface area contributed by atoms with E-state index in [4.69, 9.17) is 11.6 Å². The second-order valence-electron chi connectivity index (χ2n) is 5.13. The second kappa shape index (κ2) is 9.10. The molecule has 0 aliphatic heterocycles. The van der Waals surface area contributed by atoms with E-state index in [0.29, 0.717) is 4.34 Å². The van der Waals surface area contributed by atoms with E-state index >= 15 is 0 Å². The second-order valence-corrected chi connectivity index (χ2v) is 8.79. The lowest BCUT2D eigenvalue weighted by Gasteiger charge is -2.25.